The first-order valence-electron chi connectivity index (χ1n) is 18.7. The van der Waals surface area contributed by atoms with Crippen LogP contribution >= 0.6 is 0 Å². The van der Waals surface area contributed by atoms with E-state index in [9.17, 15) is 9.59 Å². The number of carbonyl (C=O) groups excluding carboxylic acids is 2. The minimum Gasteiger partial charge on any atom is -0.487 e. The van der Waals surface area contributed by atoms with Gasteiger partial charge in [0.15, 0.2) is 0 Å². The normalized spacial score (nSPS) is 17.9. The van der Waals surface area contributed by atoms with Crippen molar-refractivity contribution in [2.24, 2.45) is 17.8 Å². The van der Waals surface area contributed by atoms with Crippen LogP contribution in [0.2, 0.25) is 0 Å². The summed E-state index contributed by atoms with van der Waals surface area (Å²) < 4.78 is 22.7. The van der Waals surface area contributed by atoms with Crippen molar-refractivity contribution in [1.29, 1.82) is 0 Å². The van der Waals surface area contributed by atoms with E-state index < -0.39 is 11.9 Å². The lowest BCUT2D eigenvalue weighted by atomic mass is 9.82. The van der Waals surface area contributed by atoms with E-state index >= 15 is 0 Å². The third-order valence-electron chi connectivity index (χ3n) is 10.5. The zero-order valence-corrected chi connectivity index (χ0v) is 31.1. The molecule has 0 spiro atoms. The molecule has 0 fully saturated rings. The molecule has 6 nitrogen and oxygen atoms in total. The van der Waals surface area contributed by atoms with Crippen molar-refractivity contribution in [3.63, 3.8) is 0 Å². The fourth-order valence-electron chi connectivity index (χ4n) is 7.15. The van der Waals surface area contributed by atoms with Crippen molar-refractivity contribution in [2.45, 2.75) is 170 Å². The lowest BCUT2D eigenvalue weighted by Crippen LogP contribution is -2.37. The van der Waals surface area contributed by atoms with Gasteiger partial charge in [0.2, 0.25) is 0 Å². The van der Waals surface area contributed by atoms with Crippen molar-refractivity contribution in [2.75, 3.05) is 20.3 Å². The molecule has 4 unspecified atom stereocenters. The first-order chi connectivity index (χ1) is 22.0. The lowest BCUT2D eigenvalue weighted by molar-refractivity contribution is -0.147. The summed E-state index contributed by atoms with van der Waals surface area (Å²) in [4.78, 5) is 24.7. The first kappa shape index (κ1) is 40.1. The van der Waals surface area contributed by atoms with Crippen LogP contribution in [0.1, 0.15) is 160 Å². The second-order valence-corrected chi connectivity index (χ2v) is 14.5. The van der Waals surface area contributed by atoms with E-state index in [0.29, 0.717) is 12.4 Å². The van der Waals surface area contributed by atoms with Crippen molar-refractivity contribution in [1.82, 2.24) is 0 Å². The molecular weight excluding hydrogens is 576 g/mol. The molecule has 6 heteroatoms. The predicted octanol–water partition coefficient (Wildman–Crippen LogP) is 10.4. The van der Waals surface area contributed by atoms with Gasteiger partial charge in [-0.2, -0.15) is 0 Å². The summed E-state index contributed by atoms with van der Waals surface area (Å²) in [6, 6.07) is 0. The molecule has 0 radical (unpaired) electrons. The molecule has 0 amide bonds. The van der Waals surface area contributed by atoms with Gasteiger partial charge in [-0.1, -0.05) is 98.8 Å². The van der Waals surface area contributed by atoms with Crippen LogP contribution in [0.25, 0.3) is 0 Å². The summed E-state index contributed by atoms with van der Waals surface area (Å²) >= 11 is 0. The highest BCUT2D eigenvalue weighted by Gasteiger charge is 2.35. The van der Waals surface area contributed by atoms with E-state index in [4.69, 9.17) is 18.9 Å². The van der Waals surface area contributed by atoms with Gasteiger partial charge in [-0.05, 0) is 81.8 Å². The smallest absolute Gasteiger partial charge is 0.311 e. The number of hydrogen-bond acceptors (Lipinski definition) is 6. The van der Waals surface area contributed by atoms with E-state index in [1.54, 1.807) is 7.11 Å². The van der Waals surface area contributed by atoms with Crippen molar-refractivity contribution in [3.8, 4) is 11.5 Å². The molecule has 1 aromatic carbocycles. The molecule has 1 aliphatic heterocycles. The summed E-state index contributed by atoms with van der Waals surface area (Å²) in [5.41, 5.74) is 4.02. The Bertz CT molecular complexity index is 1040. The van der Waals surface area contributed by atoms with E-state index in [-0.39, 0.29) is 25.0 Å². The predicted molar refractivity (Wildman–Crippen MR) is 189 cm³/mol. The Hall–Kier alpha value is -2.08. The maximum atomic E-state index is 12.7. The lowest BCUT2D eigenvalue weighted by Gasteiger charge is -2.39. The Labute approximate surface area is 282 Å². The van der Waals surface area contributed by atoms with Gasteiger partial charge in [-0.15, -0.1) is 0 Å². The molecule has 2 rings (SSSR count). The summed E-state index contributed by atoms with van der Waals surface area (Å²) in [7, 11) is 1.55. The number of ether oxygens (including phenoxy) is 4. The SMILES string of the molecule is CCCC(CCCC(C)CCCC(C)CC)CCCC1(C)CCc2c(C)c(OC(=O)CCC(=O)OCCOC)c(C)c(CC)c2O1. The molecule has 0 aromatic heterocycles. The largest absolute Gasteiger partial charge is 0.487 e. The zero-order valence-electron chi connectivity index (χ0n) is 31.1. The topological polar surface area (TPSA) is 71.1 Å². The average molecular weight is 645 g/mol. The second-order valence-electron chi connectivity index (χ2n) is 14.5. The Kier molecular flexibility index (Phi) is 18.3. The molecule has 1 aromatic rings. The number of rotatable bonds is 23. The number of carbonyl (C=O) groups is 2. The highest BCUT2D eigenvalue weighted by Crippen LogP contribution is 2.45. The van der Waals surface area contributed by atoms with Gasteiger partial charge in [0.05, 0.1) is 19.4 Å². The number of hydrogen-bond donors (Lipinski definition) is 0. The van der Waals surface area contributed by atoms with E-state index in [2.05, 4.69) is 41.5 Å². The van der Waals surface area contributed by atoms with Crippen molar-refractivity contribution >= 4 is 11.9 Å². The molecule has 264 valence electrons. The van der Waals surface area contributed by atoms with Crippen LogP contribution in [0.3, 0.4) is 0 Å². The van der Waals surface area contributed by atoms with Crippen LogP contribution in [-0.4, -0.2) is 37.9 Å². The molecule has 0 bridgehead atoms. The van der Waals surface area contributed by atoms with Gasteiger partial charge < -0.3 is 18.9 Å². The quantitative estimate of drug-likeness (QED) is 0.0671. The van der Waals surface area contributed by atoms with Crippen LogP contribution < -0.4 is 9.47 Å². The van der Waals surface area contributed by atoms with E-state index in [1.165, 1.54) is 70.6 Å². The Morgan fingerprint density at radius 3 is 2.15 bits per heavy atom. The second kappa shape index (κ2) is 21.0. The summed E-state index contributed by atoms with van der Waals surface area (Å²) in [5, 5.41) is 0. The van der Waals surface area contributed by atoms with Gasteiger partial charge in [-0.3, -0.25) is 9.59 Å². The Morgan fingerprint density at radius 2 is 1.50 bits per heavy atom. The third kappa shape index (κ3) is 13.2. The van der Waals surface area contributed by atoms with Crippen LogP contribution in [0.5, 0.6) is 11.5 Å². The number of esters is 2. The van der Waals surface area contributed by atoms with Crippen molar-refractivity contribution in [3.05, 3.63) is 22.3 Å². The third-order valence-corrected chi connectivity index (χ3v) is 10.5. The maximum Gasteiger partial charge on any atom is 0.311 e. The molecule has 1 heterocycles. The Balaban J connectivity index is 1.95. The zero-order chi connectivity index (χ0) is 34.1. The average Bonchev–Trinajstić information content (AvgIpc) is 3.02. The van der Waals surface area contributed by atoms with Gasteiger partial charge >= 0.3 is 11.9 Å². The van der Waals surface area contributed by atoms with Crippen LogP contribution in [0.15, 0.2) is 0 Å². The molecule has 0 aliphatic carbocycles. The van der Waals surface area contributed by atoms with Crippen LogP contribution in [0.4, 0.5) is 0 Å². The minimum absolute atomic E-state index is 0.00948. The number of fused-ring (bicyclic) bond motifs is 1. The van der Waals surface area contributed by atoms with Crippen LogP contribution in [-0.2, 0) is 31.9 Å². The van der Waals surface area contributed by atoms with Gasteiger partial charge in [0.1, 0.15) is 23.7 Å². The van der Waals surface area contributed by atoms with Gasteiger partial charge in [0, 0.05) is 18.2 Å². The molecule has 4 atom stereocenters. The Morgan fingerprint density at radius 1 is 0.848 bits per heavy atom. The molecule has 0 N–H and O–H groups in total. The summed E-state index contributed by atoms with van der Waals surface area (Å²) in [6.45, 7) is 18.5. The van der Waals surface area contributed by atoms with Crippen molar-refractivity contribution < 1.29 is 28.5 Å². The maximum absolute atomic E-state index is 12.7. The highest BCUT2D eigenvalue weighted by molar-refractivity contribution is 5.80. The van der Waals surface area contributed by atoms with Crippen LogP contribution in [0, 0.1) is 31.6 Å². The van der Waals surface area contributed by atoms with E-state index in [0.717, 1.165) is 71.4 Å². The molecular formula is C40H68O6. The standard InChI is InChI=1S/C40H68O6/c1-10-16-33(20-14-19-30(5)18-13-17-29(4)11-2)21-15-25-40(8)26-24-35-32(7)38(31(6)34(12-3)39(35)46-40)45-37(42)23-22-36(41)44-28-27-43-9/h29-30,33H,10-28H2,1-9H3. The molecule has 1 aliphatic rings. The van der Waals surface area contributed by atoms with Gasteiger partial charge in [-0.25, -0.2) is 0 Å². The molecule has 0 saturated carbocycles. The van der Waals surface area contributed by atoms with Gasteiger partial charge in [0.25, 0.3) is 0 Å². The number of methoxy groups -OCH3 is 1. The molecule has 0 saturated heterocycles. The number of benzene rings is 1. The monoisotopic (exact) mass is 645 g/mol. The first-order valence-corrected chi connectivity index (χ1v) is 18.7. The fraction of sp³-hybridized carbons (Fsp3) is 0.800. The fourth-order valence-corrected chi connectivity index (χ4v) is 7.15. The molecule has 46 heavy (non-hydrogen) atoms. The highest BCUT2D eigenvalue weighted by atomic mass is 16.6. The van der Waals surface area contributed by atoms with E-state index in [1.807, 2.05) is 13.8 Å². The summed E-state index contributed by atoms with van der Waals surface area (Å²) in [6.07, 6.45) is 18.3. The summed E-state index contributed by atoms with van der Waals surface area (Å²) in [5.74, 6) is 3.31. The minimum atomic E-state index is -0.423.